The summed E-state index contributed by atoms with van der Waals surface area (Å²) in [6.45, 7) is 7.83. The third-order valence-electron chi connectivity index (χ3n) is 5.82. The maximum Gasteiger partial charge on any atom is 0.245 e. The van der Waals surface area contributed by atoms with Gasteiger partial charge in [-0.1, -0.05) is 30.3 Å². The van der Waals surface area contributed by atoms with E-state index in [1.54, 1.807) is 4.90 Å². The second-order valence-corrected chi connectivity index (χ2v) is 8.14. The molecule has 2 amide bonds. The number of amides is 2. The van der Waals surface area contributed by atoms with Crippen molar-refractivity contribution in [2.24, 2.45) is 5.92 Å². The molecule has 0 aromatic heterocycles. The Morgan fingerprint density at radius 2 is 2.04 bits per heavy atom. The van der Waals surface area contributed by atoms with E-state index in [2.05, 4.69) is 24.5 Å². The highest BCUT2D eigenvalue weighted by Crippen LogP contribution is 2.35. The quantitative estimate of drug-likeness (QED) is 0.754. The summed E-state index contributed by atoms with van der Waals surface area (Å²) in [7, 11) is 0. The minimum atomic E-state index is -0.157. The van der Waals surface area contributed by atoms with E-state index in [4.69, 9.17) is 11.6 Å². The number of benzene rings is 1. The van der Waals surface area contributed by atoms with Crippen molar-refractivity contribution < 1.29 is 9.59 Å². The van der Waals surface area contributed by atoms with Gasteiger partial charge in [-0.3, -0.25) is 9.59 Å². The Morgan fingerprint density at radius 3 is 2.69 bits per heavy atom. The van der Waals surface area contributed by atoms with Crippen molar-refractivity contribution in [2.75, 3.05) is 19.6 Å². The Bertz CT molecular complexity index is 697. The summed E-state index contributed by atoms with van der Waals surface area (Å²) in [5, 5.41) is 0.737. The molecule has 1 atom stereocenters. The lowest BCUT2D eigenvalue weighted by Crippen LogP contribution is -2.51. The van der Waals surface area contributed by atoms with Crippen molar-refractivity contribution in [3.8, 4) is 0 Å². The molecule has 2 aliphatic rings. The van der Waals surface area contributed by atoms with Gasteiger partial charge in [0, 0.05) is 36.1 Å². The molecule has 1 aromatic rings. The number of piperidine rings is 1. The maximum absolute atomic E-state index is 13.2. The summed E-state index contributed by atoms with van der Waals surface area (Å²) in [5.74, 6) is 0.223. The van der Waals surface area contributed by atoms with Gasteiger partial charge >= 0.3 is 0 Å². The van der Waals surface area contributed by atoms with Gasteiger partial charge in [0.05, 0.1) is 0 Å². The van der Waals surface area contributed by atoms with Gasteiger partial charge in [0.15, 0.2) is 0 Å². The lowest BCUT2D eigenvalue weighted by molar-refractivity contribution is -0.142. The molecule has 0 radical (unpaired) electrons. The molecule has 1 aromatic carbocycles. The third-order valence-corrected chi connectivity index (χ3v) is 6.05. The molecule has 5 heteroatoms. The fourth-order valence-corrected chi connectivity index (χ4v) is 4.58. The first-order valence-electron chi connectivity index (χ1n) is 9.40. The van der Waals surface area contributed by atoms with Crippen LogP contribution in [0, 0.1) is 5.92 Å². The van der Waals surface area contributed by atoms with Crippen molar-refractivity contribution in [1.29, 1.82) is 0 Å². The number of carbonyl (C=O) groups excluding carboxylic acids is 2. The zero-order valence-corrected chi connectivity index (χ0v) is 16.2. The van der Waals surface area contributed by atoms with Gasteiger partial charge in [-0.05, 0) is 62.8 Å². The van der Waals surface area contributed by atoms with Crippen LogP contribution in [0.2, 0.25) is 5.02 Å². The van der Waals surface area contributed by atoms with E-state index in [0.29, 0.717) is 13.1 Å². The van der Waals surface area contributed by atoms with Gasteiger partial charge in [-0.2, -0.15) is 0 Å². The van der Waals surface area contributed by atoms with E-state index in [-0.39, 0.29) is 23.3 Å². The van der Waals surface area contributed by atoms with Crippen LogP contribution in [0.4, 0.5) is 0 Å². The summed E-state index contributed by atoms with van der Waals surface area (Å²) in [6, 6.07) is 7.92. The average Bonchev–Trinajstić information content (AvgIpc) is 3.01. The van der Waals surface area contributed by atoms with E-state index >= 15 is 0 Å². The van der Waals surface area contributed by atoms with E-state index in [1.807, 2.05) is 18.2 Å². The van der Waals surface area contributed by atoms with Gasteiger partial charge in [-0.25, -0.2) is 0 Å². The molecular formula is C21H27ClN2O2. The fourth-order valence-electron chi connectivity index (χ4n) is 4.37. The minimum absolute atomic E-state index is 0.0145. The first kappa shape index (κ1) is 19.0. The van der Waals surface area contributed by atoms with E-state index in [0.717, 1.165) is 43.7 Å². The lowest BCUT2D eigenvalue weighted by Gasteiger charge is -2.40. The van der Waals surface area contributed by atoms with Gasteiger partial charge < -0.3 is 9.80 Å². The molecule has 2 fully saturated rings. The topological polar surface area (TPSA) is 40.6 Å². The highest BCUT2D eigenvalue weighted by molar-refractivity contribution is 6.30. The van der Waals surface area contributed by atoms with Crippen LogP contribution in [0.15, 0.2) is 36.9 Å². The fraction of sp³-hybridized carbons (Fsp3) is 0.524. The molecule has 0 spiro atoms. The van der Waals surface area contributed by atoms with Gasteiger partial charge in [0.2, 0.25) is 11.8 Å². The van der Waals surface area contributed by atoms with Gasteiger partial charge in [0.1, 0.15) is 0 Å². The Morgan fingerprint density at radius 1 is 1.31 bits per heavy atom. The standard InChI is InChI=1S/C21H27ClN2O2/c1-3-19(25)23-12-8-17(9-13-23)20(26)24-11-5-10-21(24,2)15-16-6-4-7-18(22)14-16/h3-4,6-7,14,17H,1,5,8-13,15H2,2H3. The van der Waals surface area contributed by atoms with Gasteiger partial charge in [-0.15, -0.1) is 0 Å². The largest absolute Gasteiger partial charge is 0.339 e. The van der Waals surface area contributed by atoms with Crippen molar-refractivity contribution in [2.45, 2.75) is 44.6 Å². The lowest BCUT2D eigenvalue weighted by atomic mass is 9.88. The van der Waals surface area contributed by atoms with Crippen molar-refractivity contribution in [3.05, 3.63) is 47.5 Å². The summed E-state index contributed by atoms with van der Waals surface area (Å²) < 4.78 is 0. The Kier molecular flexibility index (Phi) is 5.71. The van der Waals surface area contributed by atoms with Crippen molar-refractivity contribution in [1.82, 2.24) is 9.80 Å². The average molecular weight is 375 g/mol. The van der Waals surface area contributed by atoms with Crippen molar-refractivity contribution in [3.63, 3.8) is 0 Å². The molecule has 2 saturated heterocycles. The molecule has 26 heavy (non-hydrogen) atoms. The first-order chi connectivity index (χ1) is 12.4. The summed E-state index contributed by atoms with van der Waals surface area (Å²) in [5.41, 5.74) is 1.02. The molecule has 2 heterocycles. The van der Waals surface area contributed by atoms with E-state index < -0.39 is 0 Å². The smallest absolute Gasteiger partial charge is 0.245 e. The van der Waals surface area contributed by atoms with Crippen LogP contribution in [0.5, 0.6) is 0 Å². The monoisotopic (exact) mass is 374 g/mol. The third kappa shape index (κ3) is 3.96. The molecule has 0 aliphatic carbocycles. The Hall–Kier alpha value is -1.81. The number of hydrogen-bond donors (Lipinski definition) is 0. The molecule has 1 unspecified atom stereocenters. The van der Waals surface area contributed by atoms with Crippen LogP contribution in [0.1, 0.15) is 38.2 Å². The van der Waals surface area contributed by atoms with Gasteiger partial charge in [0.25, 0.3) is 0 Å². The van der Waals surface area contributed by atoms with Crippen LogP contribution < -0.4 is 0 Å². The van der Waals surface area contributed by atoms with Crippen LogP contribution >= 0.6 is 11.6 Å². The number of rotatable bonds is 4. The molecule has 2 aliphatic heterocycles. The Labute approximate surface area is 160 Å². The second kappa shape index (κ2) is 7.83. The number of hydrogen-bond acceptors (Lipinski definition) is 2. The molecular weight excluding hydrogens is 348 g/mol. The summed E-state index contributed by atoms with van der Waals surface area (Å²) in [4.78, 5) is 28.8. The number of carbonyl (C=O) groups is 2. The predicted molar refractivity (Wildman–Crippen MR) is 104 cm³/mol. The molecule has 140 valence electrons. The Balaban J connectivity index is 1.66. The molecule has 0 bridgehead atoms. The van der Waals surface area contributed by atoms with E-state index in [1.165, 1.54) is 11.6 Å². The number of nitrogens with zero attached hydrogens (tertiary/aromatic N) is 2. The molecule has 0 saturated carbocycles. The minimum Gasteiger partial charge on any atom is -0.339 e. The predicted octanol–water partition coefficient (Wildman–Crippen LogP) is 3.69. The highest BCUT2D eigenvalue weighted by atomic mass is 35.5. The maximum atomic E-state index is 13.2. The summed E-state index contributed by atoms with van der Waals surface area (Å²) >= 11 is 6.13. The summed E-state index contributed by atoms with van der Waals surface area (Å²) in [6.07, 6.45) is 5.71. The second-order valence-electron chi connectivity index (χ2n) is 7.70. The first-order valence-corrected chi connectivity index (χ1v) is 9.78. The molecule has 4 nitrogen and oxygen atoms in total. The van der Waals surface area contributed by atoms with Crippen LogP contribution in [0.25, 0.3) is 0 Å². The molecule has 0 N–H and O–H groups in total. The molecule has 3 rings (SSSR count). The SMILES string of the molecule is C=CC(=O)N1CCC(C(=O)N2CCCC2(C)Cc2cccc(Cl)c2)CC1. The number of halogens is 1. The van der Waals surface area contributed by atoms with Crippen LogP contribution in [0.3, 0.4) is 0 Å². The van der Waals surface area contributed by atoms with Crippen LogP contribution in [-0.4, -0.2) is 46.8 Å². The highest BCUT2D eigenvalue weighted by Gasteiger charge is 2.42. The zero-order chi connectivity index (χ0) is 18.7. The zero-order valence-electron chi connectivity index (χ0n) is 15.4. The normalized spacial score (nSPS) is 23.9. The van der Waals surface area contributed by atoms with E-state index in [9.17, 15) is 9.59 Å². The van der Waals surface area contributed by atoms with Crippen molar-refractivity contribution >= 4 is 23.4 Å². The van der Waals surface area contributed by atoms with Crippen LogP contribution in [-0.2, 0) is 16.0 Å². The number of likely N-dealkylation sites (tertiary alicyclic amines) is 2.